The highest BCUT2D eigenvalue weighted by atomic mass is 31.1. The van der Waals surface area contributed by atoms with Gasteiger partial charge in [-0.3, -0.25) is 4.79 Å². The summed E-state index contributed by atoms with van der Waals surface area (Å²) >= 11 is 0. The third kappa shape index (κ3) is 9.97. The van der Waals surface area contributed by atoms with Crippen LogP contribution in [-0.2, 0) is 23.4 Å². The van der Waals surface area contributed by atoms with Crippen molar-refractivity contribution in [3.05, 3.63) is 12.2 Å². The van der Waals surface area contributed by atoms with E-state index in [0.717, 1.165) is 32.1 Å². The Labute approximate surface area is 109 Å². The quantitative estimate of drug-likeness (QED) is 0.265. The van der Waals surface area contributed by atoms with Gasteiger partial charge in [-0.2, -0.15) is 0 Å². The molecule has 0 spiro atoms. The Hall–Kier alpha value is -1.22. The van der Waals surface area contributed by atoms with Crippen LogP contribution in [0.4, 0.5) is 0 Å². The van der Waals surface area contributed by atoms with E-state index in [0.29, 0.717) is 18.6 Å². The molecule has 5 nitrogen and oxygen atoms in total. The van der Waals surface area contributed by atoms with Crippen LogP contribution in [0, 0.1) is 0 Å². The largest absolute Gasteiger partial charge is 0.462 e. The van der Waals surface area contributed by atoms with Gasteiger partial charge in [0.25, 0.3) is 0 Å². The number of unbranched alkanes of at least 4 members (excludes halogenated alkanes) is 4. The molecule has 18 heavy (non-hydrogen) atoms. The van der Waals surface area contributed by atoms with Crippen molar-refractivity contribution >= 4 is 20.6 Å². The minimum Gasteiger partial charge on any atom is -0.462 e. The van der Waals surface area contributed by atoms with E-state index in [-0.39, 0.29) is 5.97 Å². The molecule has 0 rings (SSSR count). The number of rotatable bonds is 10. The first-order valence-corrected chi connectivity index (χ1v) is 6.66. The number of hydrogen-bond acceptors (Lipinski definition) is 5. The topological polar surface area (TPSA) is 69.7 Å². The molecular weight excluding hydrogens is 255 g/mol. The Kier molecular flexibility index (Phi) is 10.2. The van der Waals surface area contributed by atoms with Crippen LogP contribution < -0.4 is 0 Å². The fourth-order valence-electron chi connectivity index (χ4n) is 1.28. The molecule has 0 aromatic heterocycles. The maximum absolute atomic E-state index is 11.0. The Balaban J connectivity index is 3.26. The predicted molar refractivity (Wildman–Crippen MR) is 67.2 cm³/mol. The summed E-state index contributed by atoms with van der Waals surface area (Å²) in [5.41, 5.74) is 0.408. The fourth-order valence-corrected chi connectivity index (χ4v) is 1.45. The fraction of sp³-hybridized carbons (Fsp3) is 0.667. The molecule has 6 heteroatoms. The van der Waals surface area contributed by atoms with Gasteiger partial charge < -0.3 is 9.26 Å². The van der Waals surface area contributed by atoms with Crippen molar-refractivity contribution in [3.63, 3.8) is 0 Å². The van der Waals surface area contributed by atoms with E-state index in [4.69, 9.17) is 4.74 Å². The SMILES string of the molecule is C=C(C)C(=O)OCCCCCCCC(=O)OP=O. The van der Waals surface area contributed by atoms with Gasteiger partial charge in [0.05, 0.1) is 6.61 Å². The van der Waals surface area contributed by atoms with Crippen LogP contribution in [0.1, 0.15) is 45.4 Å². The first kappa shape index (κ1) is 16.8. The lowest BCUT2D eigenvalue weighted by atomic mass is 10.1. The lowest BCUT2D eigenvalue weighted by molar-refractivity contribution is -0.139. The molecule has 0 heterocycles. The van der Waals surface area contributed by atoms with Crippen molar-refractivity contribution in [2.75, 3.05) is 6.61 Å². The molecule has 0 saturated carbocycles. The minimum atomic E-state index is -0.588. The van der Waals surface area contributed by atoms with Gasteiger partial charge in [-0.15, -0.1) is 0 Å². The van der Waals surface area contributed by atoms with Crippen molar-refractivity contribution < 1.29 is 23.4 Å². The minimum absolute atomic E-state index is 0.292. The molecule has 0 aliphatic heterocycles. The number of carbonyl (C=O) groups is 2. The van der Waals surface area contributed by atoms with Crippen LogP contribution in [-0.4, -0.2) is 18.5 Å². The zero-order valence-corrected chi connectivity index (χ0v) is 11.5. The third-order valence-electron chi connectivity index (χ3n) is 2.25. The van der Waals surface area contributed by atoms with E-state index < -0.39 is 14.7 Å². The van der Waals surface area contributed by atoms with Crippen molar-refractivity contribution in [1.29, 1.82) is 0 Å². The van der Waals surface area contributed by atoms with E-state index >= 15 is 0 Å². The predicted octanol–water partition coefficient (Wildman–Crippen LogP) is 3.20. The van der Waals surface area contributed by atoms with Gasteiger partial charge in [0.1, 0.15) is 0 Å². The Bertz CT molecular complexity index is 301. The molecule has 0 fully saturated rings. The molecule has 0 radical (unpaired) electrons. The van der Waals surface area contributed by atoms with Gasteiger partial charge in [-0.25, -0.2) is 9.36 Å². The molecule has 0 aromatic carbocycles. The second-order valence-corrected chi connectivity index (χ2v) is 4.30. The molecule has 102 valence electrons. The standard InChI is InChI=1S/C12H19O5P/c1-10(2)12(14)16-9-7-5-3-4-6-8-11(13)17-18-15/h1,3-9H2,2H3. The van der Waals surface area contributed by atoms with Crippen LogP contribution in [0.2, 0.25) is 0 Å². The average Bonchev–Trinajstić information content (AvgIpc) is 2.32. The lowest BCUT2D eigenvalue weighted by Crippen LogP contribution is -2.06. The van der Waals surface area contributed by atoms with Crippen LogP contribution >= 0.6 is 8.69 Å². The van der Waals surface area contributed by atoms with Crippen LogP contribution in [0.15, 0.2) is 12.2 Å². The van der Waals surface area contributed by atoms with E-state index in [1.807, 2.05) is 0 Å². The molecule has 0 aliphatic carbocycles. The van der Waals surface area contributed by atoms with Gasteiger partial charge in [0, 0.05) is 12.0 Å². The highest BCUT2D eigenvalue weighted by molar-refractivity contribution is 7.18. The van der Waals surface area contributed by atoms with Crippen molar-refractivity contribution in [2.45, 2.75) is 45.4 Å². The van der Waals surface area contributed by atoms with Crippen molar-refractivity contribution in [1.82, 2.24) is 0 Å². The van der Waals surface area contributed by atoms with Gasteiger partial charge in [0.15, 0.2) is 0 Å². The highest BCUT2D eigenvalue weighted by Crippen LogP contribution is 2.08. The molecule has 0 unspecified atom stereocenters. The number of esters is 1. The van der Waals surface area contributed by atoms with Crippen molar-refractivity contribution in [3.8, 4) is 0 Å². The smallest absolute Gasteiger partial charge is 0.398 e. The first-order chi connectivity index (χ1) is 8.57. The Morgan fingerprint density at radius 2 is 1.72 bits per heavy atom. The van der Waals surface area contributed by atoms with E-state index in [1.54, 1.807) is 6.92 Å². The first-order valence-electron chi connectivity index (χ1n) is 5.93. The van der Waals surface area contributed by atoms with Crippen LogP contribution in [0.3, 0.4) is 0 Å². The number of carbonyl (C=O) groups excluding carboxylic acids is 2. The number of ether oxygens (including phenoxy) is 1. The Morgan fingerprint density at radius 3 is 2.33 bits per heavy atom. The third-order valence-corrected chi connectivity index (χ3v) is 2.52. The second kappa shape index (κ2) is 10.9. The molecular formula is C12H19O5P. The zero-order chi connectivity index (χ0) is 13.8. The summed E-state index contributed by atoms with van der Waals surface area (Å²) in [6, 6.07) is 0. The summed E-state index contributed by atoms with van der Waals surface area (Å²) < 4.78 is 19.1. The van der Waals surface area contributed by atoms with Crippen LogP contribution in [0.25, 0.3) is 0 Å². The molecule has 0 N–H and O–H groups in total. The maximum Gasteiger partial charge on any atom is 0.398 e. The summed E-state index contributed by atoms with van der Waals surface area (Å²) in [4.78, 5) is 21.8. The summed E-state index contributed by atoms with van der Waals surface area (Å²) in [6.07, 6.45) is 4.63. The van der Waals surface area contributed by atoms with Crippen molar-refractivity contribution in [2.24, 2.45) is 0 Å². The monoisotopic (exact) mass is 274 g/mol. The van der Waals surface area contributed by atoms with Gasteiger partial charge in [-0.05, 0) is 19.8 Å². The maximum atomic E-state index is 11.0. The average molecular weight is 274 g/mol. The van der Waals surface area contributed by atoms with E-state index in [9.17, 15) is 14.2 Å². The van der Waals surface area contributed by atoms with Gasteiger partial charge in [0.2, 0.25) is 0 Å². The van der Waals surface area contributed by atoms with E-state index in [2.05, 4.69) is 11.1 Å². The highest BCUT2D eigenvalue weighted by Gasteiger charge is 2.03. The molecule has 0 atom stereocenters. The lowest BCUT2D eigenvalue weighted by Gasteiger charge is -2.04. The summed E-state index contributed by atoms with van der Waals surface area (Å²) in [7, 11) is -0.588. The normalized spacial score (nSPS) is 10.1. The molecule has 0 bridgehead atoms. The van der Waals surface area contributed by atoms with Gasteiger partial charge >= 0.3 is 20.6 Å². The molecule has 0 amide bonds. The molecule has 0 aromatic rings. The summed E-state index contributed by atoms with van der Waals surface area (Å²) in [5.74, 6) is -0.795. The van der Waals surface area contributed by atoms with E-state index in [1.165, 1.54) is 0 Å². The summed E-state index contributed by atoms with van der Waals surface area (Å²) in [6.45, 7) is 5.50. The second-order valence-electron chi connectivity index (χ2n) is 3.97. The van der Waals surface area contributed by atoms with Crippen LogP contribution in [0.5, 0.6) is 0 Å². The summed E-state index contributed by atoms with van der Waals surface area (Å²) in [5, 5.41) is 0. The molecule has 0 aliphatic rings. The zero-order valence-electron chi connectivity index (χ0n) is 10.6. The molecule has 0 saturated heterocycles. The Morgan fingerprint density at radius 1 is 1.11 bits per heavy atom. The van der Waals surface area contributed by atoms with Gasteiger partial charge in [-0.1, -0.05) is 25.8 Å². The number of hydrogen-bond donors (Lipinski definition) is 0.